The third-order valence-corrected chi connectivity index (χ3v) is 7.80. The summed E-state index contributed by atoms with van der Waals surface area (Å²) in [5.41, 5.74) is 7.75. The highest BCUT2D eigenvalue weighted by Gasteiger charge is 2.29. The summed E-state index contributed by atoms with van der Waals surface area (Å²) in [5, 5.41) is 0.791. The molecule has 5 nitrogen and oxygen atoms in total. The van der Waals surface area contributed by atoms with E-state index >= 15 is 0 Å². The van der Waals surface area contributed by atoms with Crippen molar-refractivity contribution in [3.8, 4) is 0 Å². The van der Waals surface area contributed by atoms with Crippen LogP contribution in [0.3, 0.4) is 0 Å². The van der Waals surface area contributed by atoms with Crippen LogP contribution in [0.1, 0.15) is 73.4 Å². The number of carbonyl (C=O) groups excluding carboxylic acids is 2. The quantitative estimate of drug-likeness (QED) is 0.398. The Bertz CT molecular complexity index is 1150. The molecule has 1 atom stereocenters. The molecule has 37 heavy (non-hydrogen) atoms. The van der Waals surface area contributed by atoms with Crippen molar-refractivity contribution in [3.63, 3.8) is 0 Å². The van der Waals surface area contributed by atoms with Gasteiger partial charge in [0.05, 0.1) is 0 Å². The van der Waals surface area contributed by atoms with Gasteiger partial charge in [0.15, 0.2) is 0 Å². The third kappa shape index (κ3) is 6.45. The molecule has 0 fully saturated rings. The minimum absolute atomic E-state index is 0.362. The molecule has 6 heteroatoms. The van der Waals surface area contributed by atoms with Crippen molar-refractivity contribution in [1.82, 2.24) is 14.7 Å². The molecule has 1 unspecified atom stereocenters. The molecule has 1 heterocycles. The van der Waals surface area contributed by atoms with Gasteiger partial charge in [-0.25, -0.2) is 0 Å². The van der Waals surface area contributed by atoms with Gasteiger partial charge >= 0.3 is 11.8 Å². The monoisotopic (exact) mass is 521 g/mol. The summed E-state index contributed by atoms with van der Waals surface area (Å²) in [6, 6.07) is 13.5. The summed E-state index contributed by atoms with van der Waals surface area (Å²) in [6.45, 7) is 9.35. The summed E-state index contributed by atoms with van der Waals surface area (Å²) in [6.07, 6.45) is 6.82. The predicted molar refractivity (Wildman–Crippen MR) is 151 cm³/mol. The Morgan fingerprint density at radius 3 is 2.46 bits per heavy atom. The fourth-order valence-corrected chi connectivity index (χ4v) is 6.09. The van der Waals surface area contributed by atoms with Gasteiger partial charge in [0, 0.05) is 43.8 Å². The van der Waals surface area contributed by atoms with E-state index in [1.54, 1.807) is 9.80 Å². The minimum atomic E-state index is -0.371. The highest BCUT2D eigenvalue weighted by atomic mass is 35.5. The Kier molecular flexibility index (Phi) is 9.09. The SMILES string of the molecule is CCCN(CCC)C(=O)C(=O)N1CC=C(c2ccc3c(c2)C(N(C)Cc2cc(C)cc(Cl)c2)CC3)CC1. The number of hydrogen-bond donors (Lipinski definition) is 0. The van der Waals surface area contributed by atoms with Gasteiger partial charge in [-0.05, 0) is 97.7 Å². The van der Waals surface area contributed by atoms with Gasteiger partial charge in [-0.1, -0.05) is 49.7 Å². The first-order chi connectivity index (χ1) is 17.8. The van der Waals surface area contributed by atoms with E-state index in [1.807, 2.05) is 19.9 Å². The van der Waals surface area contributed by atoms with Crippen LogP contribution in [0.15, 0.2) is 42.5 Å². The van der Waals surface area contributed by atoms with Crippen molar-refractivity contribution in [1.29, 1.82) is 0 Å². The molecule has 2 aromatic carbocycles. The molecule has 0 radical (unpaired) electrons. The molecule has 0 N–H and O–H groups in total. The van der Waals surface area contributed by atoms with E-state index < -0.39 is 0 Å². The molecule has 2 aromatic rings. The lowest BCUT2D eigenvalue weighted by atomic mass is 9.95. The van der Waals surface area contributed by atoms with Crippen LogP contribution >= 0.6 is 11.6 Å². The number of amides is 2. The van der Waals surface area contributed by atoms with Gasteiger partial charge in [-0.2, -0.15) is 0 Å². The maximum Gasteiger partial charge on any atom is 0.312 e. The molecule has 1 aliphatic carbocycles. The maximum atomic E-state index is 12.9. The van der Waals surface area contributed by atoms with Crippen LogP contribution in [0.2, 0.25) is 5.02 Å². The largest absolute Gasteiger partial charge is 0.334 e. The van der Waals surface area contributed by atoms with E-state index in [0.717, 1.165) is 43.7 Å². The first kappa shape index (κ1) is 27.4. The fraction of sp³-hybridized carbons (Fsp3) is 0.484. The van der Waals surface area contributed by atoms with Gasteiger partial charge in [-0.3, -0.25) is 14.5 Å². The van der Waals surface area contributed by atoms with Crippen molar-refractivity contribution in [2.75, 3.05) is 33.2 Å². The first-order valence-corrected chi connectivity index (χ1v) is 14.0. The van der Waals surface area contributed by atoms with Crippen LogP contribution in [0.4, 0.5) is 0 Å². The standard InChI is InChI=1S/C31H40ClN3O2/c1-5-13-34(14-6-2)30(36)31(37)35-15-11-24(12-16-35)26-8-7-25-9-10-29(28(25)20-26)33(4)21-23-17-22(3)18-27(32)19-23/h7-8,11,17-20,29H,5-6,9-10,12-16,21H2,1-4H3. The molecule has 1 aliphatic heterocycles. The topological polar surface area (TPSA) is 43.9 Å². The number of carbonyl (C=O) groups is 2. The van der Waals surface area contributed by atoms with Crippen LogP contribution in [-0.2, 0) is 22.6 Å². The molecular weight excluding hydrogens is 482 g/mol. The van der Waals surface area contributed by atoms with Crippen LogP contribution in [0.25, 0.3) is 5.57 Å². The average Bonchev–Trinajstić information content (AvgIpc) is 3.31. The molecule has 4 rings (SSSR count). The number of rotatable bonds is 8. The first-order valence-electron chi connectivity index (χ1n) is 13.7. The highest BCUT2D eigenvalue weighted by Crippen LogP contribution is 2.38. The Morgan fingerprint density at radius 2 is 1.81 bits per heavy atom. The number of nitrogens with zero attached hydrogens (tertiary/aromatic N) is 3. The molecule has 2 aliphatic rings. The fourth-order valence-electron chi connectivity index (χ4n) is 5.78. The Hall–Kier alpha value is -2.63. The molecule has 0 saturated heterocycles. The van der Waals surface area contributed by atoms with Gasteiger partial charge in [0.2, 0.25) is 0 Å². The van der Waals surface area contributed by atoms with E-state index in [0.29, 0.717) is 32.2 Å². The van der Waals surface area contributed by atoms with Crippen molar-refractivity contribution in [2.24, 2.45) is 0 Å². The van der Waals surface area contributed by atoms with E-state index in [1.165, 1.54) is 33.4 Å². The van der Waals surface area contributed by atoms with Gasteiger partial charge in [-0.15, -0.1) is 0 Å². The number of halogens is 1. The van der Waals surface area contributed by atoms with E-state index in [9.17, 15) is 9.59 Å². The van der Waals surface area contributed by atoms with Crippen molar-refractivity contribution < 1.29 is 9.59 Å². The number of hydrogen-bond acceptors (Lipinski definition) is 3. The zero-order chi connectivity index (χ0) is 26.5. The highest BCUT2D eigenvalue weighted by molar-refractivity contribution is 6.35. The second kappa shape index (κ2) is 12.3. The smallest absolute Gasteiger partial charge is 0.312 e. The summed E-state index contributed by atoms with van der Waals surface area (Å²) >= 11 is 6.30. The van der Waals surface area contributed by atoms with Gasteiger partial charge in [0.1, 0.15) is 0 Å². The van der Waals surface area contributed by atoms with E-state index in [4.69, 9.17) is 11.6 Å². The Morgan fingerprint density at radius 1 is 1.05 bits per heavy atom. The summed E-state index contributed by atoms with van der Waals surface area (Å²) in [4.78, 5) is 31.5. The van der Waals surface area contributed by atoms with E-state index in [-0.39, 0.29) is 11.8 Å². The second-order valence-electron chi connectivity index (χ2n) is 10.5. The third-order valence-electron chi connectivity index (χ3n) is 7.58. The molecule has 0 spiro atoms. The molecule has 0 saturated carbocycles. The second-order valence-corrected chi connectivity index (χ2v) is 11.0. The Labute approximate surface area is 227 Å². The zero-order valence-corrected chi connectivity index (χ0v) is 23.5. The molecule has 2 amide bonds. The molecule has 0 aromatic heterocycles. The predicted octanol–water partition coefficient (Wildman–Crippen LogP) is 6.03. The number of benzene rings is 2. The van der Waals surface area contributed by atoms with Gasteiger partial charge in [0.25, 0.3) is 0 Å². The summed E-state index contributed by atoms with van der Waals surface area (Å²) < 4.78 is 0. The molecular formula is C31H40ClN3O2. The Balaban J connectivity index is 1.44. The average molecular weight is 522 g/mol. The summed E-state index contributed by atoms with van der Waals surface area (Å²) in [7, 11) is 2.20. The van der Waals surface area contributed by atoms with Gasteiger partial charge < -0.3 is 9.80 Å². The lowest BCUT2D eigenvalue weighted by Crippen LogP contribution is -2.47. The number of fused-ring (bicyclic) bond motifs is 1. The molecule has 198 valence electrons. The lowest BCUT2D eigenvalue weighted by molar-refractivity contribution is -0.151. The number of aryl methyl sites for hydroxylation is 2. The lowest BCUT2D eigenvalue weighted by Gasteiger charge is -2.29. The normalized spacial score (nSPS) is 17.1. The van der Waals surface area contributed by atoms with Crippen molar-refractivity contribution in [3.05, 3.63) is 75.3 Å². The summed E-state index contributed by atoms with van der Waals surface area (Å²) in [5.74, 6) is -0.733. The van der Waals surface area contributed by atoms with Crippen molar-refractivity contribution >= 4 is 29.0 Å². The van der Waals surface area contributed by atoms with Crippen LogP contribution in [0, 0.1) is 6.92 Å². The van der Waals surface area contributed by atoms with Crippen LogP contribution < -0.4 is 0 Å². The van der Waals surface area contributed by atoms with Crippen molar-refractivity contribution in [2.45, 2.75) is 65.5 Å². The maximum absolute atomic E-state index is 12.9. The van der Waals surface area contributed by atoms with E-state index in [2.05, 4.69) is 55.3 Å². The van der Waals surface area contributed by atoms with Crippen LogP contribution in [-0.4, -0.2) is 59.7 Å². The zero-order valence-electron chi connectivity index (χ0n) is 22.7. The molecule has 0 bridgehead atoms. The van der Waals surface area contributed by atoms with Crippen LogP contribution in [0.5, 0.6) is 0 Å². The minimum Gasteiger partial charge on any atom is -0.334 e.